The van der Waals surface area contributed by atoms with Crippen molar-refractivity contribution in [3.05, 3.63) is 28.3 Å². The molecule has 0 aliphatic carbocycles. The summed E-state index contributed by atoms with van der Waals surface area (Å²) < 4.78 is 5.31. The minimum absolute atomic E-state index is 0.326. The highest BCUT2D eigenvalue weighted by molar-refractivity contribution is 5.15. The van der Waals surface area contributed by atoms with E-state index in [1.54, 1.807) is 0 Å². The number of hydrogen-bond acceptors (Lipinski definition) is 4. The SMILES string of the molecule is CCCCCN(Cc1cc(=O)c(O)co1)C(C)CCC. The zero-order chi connectivity index (χ0) is 15.0. The van der Waals surface area contributed by atoms with Crippen LogP contribution in [0.25, 0.3) is 0 Å². The molecule has 0 spiro atoms. The van der Waals surface area contributed by atoms with Crippen molar-refractivity contribution in [1.29, 1.82) is 0 Å². The molecular formula is C16H27NO3. The summed E-state index contributed by atoms with van der Waals surface area (Å²) in [5.41, 5.74) is -0.372. The van der Waals surface area contributed by atoms with Gasteiger partial charge in [0, 0.05) is 12.1 Å². The van der Waals surface area contributed by atoms with Gasteiger partial charge in [0.15, 0.2) is 5.75 Å². The predicted molar refractivity (Wildman–Crippen MR) is 80.9 cm³/mol. The van der Waals surface area contributed by atoms with Gasteiger partial charge >= 0.3 is 0 Å². The van der Waals surface area contributed by atoms with Gasteiger partial charge in [-0.05, 0) is 26.3 Å². The van der Waals surface area contributed by atoms with Crippen molar-refractivity contribution in [1.82, 2.24) is 4.90 Å². The molecule has 0 aromatic carbocycles. The Morgan fingerprint density at radius 2 is 2.05 bits per heavy atom. The first-order valence-electron chi connectivity index (χ1n) is 7.63. The maximum Gasteiger partial charge on any atom is 0.226 e. The molecule has 20 heavy (non-hydrogen) atoms. The second-order valence-electron chi connectivity index (χ2n) is 5.41. The summed E-state index contributed by atoms with van der Waals surface area (Å²) in [7, 11) is 0. The highest BCUT2D eigenvalue weighted by atomic mass is 16.4. The van der Waals surface area contributed by atoms with Crippen LogP contribution >= 0.6 is 0 Å². The lowest BCUT2D eigenvalue weighted by Gasteiger charge is -2.28. The predicted octanol–water partition coefficient (Wildman–Crippen LogP) is 3.53. The van der Waals surface area contributed by atoms with E-state index in [0.29, 0.717) is 18.3 Å². The third-order valence-corrected chi connectivity index (χ3v) is 3.60. The molecule has 0 saturated heterocycles. The quantitative estimate of drug-likeness (QED) is 0.704. The van der Waals surface area contributed by atoms with Crippen molar-refractivity contribution in [2.75, 3.05) is 6.54 Å². The van der Waals surface area contributed by atoms with Crippen LogP contribution < -0.4 is 5.43 Å². The lowest BCUT2D eigenvalue weighted by Crippen LogP contribution is -2.33. The molecule has 1 heterocycles. The van der Waals surface area contributed by atoms with E-state index in [4.69, 9.17) is 4.42 Å². The molecule has 1 rings (SSSR count). The molecule has 0 radical (unpaired) electrons. The zero-order valence-electron chi connectivity index (χ0n) is 12.9. The van der Waals surface area contributed by atoms with Crippen LogP contribution in [0, 0.1) is 0 Å². The summed E-state index contributed by atoms with van der Waals surface area (Å²) in [5.74, 6) is 0.292. The van der Waals surface area contributed by atoms with Gasteiger partial charge < -0.3 is 9.52 Å². The van der Waals surface area contributed by atoms with Gasteiger partial charge in [-0.15, -0.1) is 0 Å². The van der Waals surface area contributed by atoms with Crippen LogP contribution in [0.3, 0.4) is 0 Å². The van der Waals surface area contributed by atoms with Crippen molar-refractivity contribution in [3.8, 4) is 5.75 Å². The molecule has 0 fully saturated rings. The molecule has 0 aliphatic heterocycles. The van der Waals surface area contributed by atoms with Crippen LogP contribution in [0.15, 0.2) is 21.5 Å². The number of aromatic hydroxyl groups is 1. The van der Waals surface area contributed by atoms with E-state index in [2.05, 4.69) is 25.7 Å². The molecule has 4 nitrogen and oxygen atoms in total. The Balaban J connectivity index is 2.71. The van der Waals surface area contributed by atoms with Crippen molar-refractivity contribution in [2.45, 2.75) is 65.5 Å². The summed E-state index contributed by atoms with van der Waals surface area (Å²) in [6.07, 6.45) is 6.98. The fourth-order valence-electron chi connectivity index (χ4n) is 2.35. The summed E-state index contributed by atoms with van der Waals surface area (Å²) >= 11 is 0. The van der Waals surface area contributed by atoms with E-state index in [0.717, 1.165) is 32.1 Å². The highest BCUT2D eigenvalue weighted by Crippen LogP contribution is 2.14. The van der Waals surface area contributed by atoms with E-state index in [9.17, 15) is 9.90 Å². The molecule has 114 valence electrons. The average molecular weight is 281 g/mol. The smallest absolute Gasteiger partial charge is 0.226 e. The normalized spacial score (nSPS) is 12.8. The first-order chi connectivity index (χ1) is 9.58. The molecule has 0 bridgehead atoms. The van der Waals surface area contributed by atoms with Crippen LogP contribution in [0.5, 0.6) is 5.75 Å². The van der Waals surface area contributed by atoms with Crippen LogP contribution in [-0.2, 0) is 6.54 Å². The second-order valence-corrected chi connectivity index (χ2v) is 5.41. The molecule has 4 heteroatoms. The minimum Gasteiger partial charge on any atom is -0.502 e. The first-order valence-corrected chi connectivity index (χ1v) is 7.63. The summed E-state index contributed by atoms with van der Waals surface area (Å²) in [6, 6.07) is 1.86. The van der Waals surface area contributed by atoms with E-state index < -0.39 is 0 Å². The first kappa shape index (κ1) is 16.8. The maximum absolute atomic E-state index is 11.4. The fraction of sp³-hybridized carbons (Fsp3) is 0.688. The number of hydrogen-bond donors (Lipinski definition) is 1. The Labute approximate surface area is 121 Å². The van der Waals surface area contributed by atoms with Gasteiger partial charge in [-0.3, -0.25) is 9.69 Å². The van der Waals surface area contributed by atoms with Crippen molar-refractivity contribution >= 4 is 0 Å². The molecule has 0 aliphatic rings. The molecule has 1 unspecified atom stereocenters. The third-order valence-electron chi connectivity index (χ3n) is 3.60. The average Bonchev–Trinajstić information content (AvgIpc) is 2.42. The Hall–Kier alpha value is -1.29. The van der Waals surface area contributed by atoms with Crippen molar-refractivity contribution < 1.29 is 9.52 Å². The van der Waals surface area contributed by atoms with Crippen LogP contribution in [0.2, 0.25) is 0 Å². The topological polar surface area (TPSA) is 53.7 Å². The number of rotatable bonds is 9. The minimum atomic E-state index is -0.372. The van der Waals surface area contributed by atoms with Gasteiger partial charge in [0.25, 0.3) is 0 Å². The van der Waals surface area contributed by atoms with Gasteiger partial charge in [-0.1, -0.05) is 33.1 Å². The summed E-state index contributed by atoms with van der Waals surface area (Å²) in [4.78, 5) is 13.8. The van der Waals surface area contributed by atoms with Crippen molar-refractivity contribution in [3.63, 3.8) is 0 Å². The Morgan fingerprint density at radius 1 is 1.30 bits per heavy atom. The number of unbranched alkanes of at least 4 members (excludes halogenated alkanes) is 2. The molecule has 0 saturated carbocycles. The molecular weight excluding hydrogens is 254 g/mol. The van der Waals surface area contributed by atoms with Gasteiger partial charge in [0.2, 0.25) is 5.43 Å². The lowest BCUT2D eigenvalue weighted by molar-refractivity contribution is 0.170. The molecule has 1 N–H and O–H groups in total. The lowest BCUT2D eigenvalue weighted by atomic mass is 10.1. The van der Waals surface area contributed by atoms with Crippen molar-refractivity contribution in [2.24, 2.45) is 0 Å². The number of nitrogens with zero attached hydrogens (tertiary/aromatic N) is 1. The van der Waals surface area contributed by atoms with Gasteiger partial charge in [-0.2, -0.15) is 0 Å². The van der Waals surface area contributed by atoms with Gasteiger partial charge in [0.05, 0.1) is 6.54 Å². The monoisotopic (exact) mass is 281 g/mol. The van der Waals surface area contributed by atoms with E-state index in [1.807, 2.05) is 0 Å². The highest BCUT2D eigenvalue weighted by Gasteiger charge is 2.15. The molecule has 1 atom stereocenters. The maximum atomic E-state index is 11.4. The molecule has 0 amide bonds. The van der Waals surface area contributed by atoms with Crippen LogP contribution in [0.1, 0.15) is 58.6 Å². The summed E-state index contributed by atoms with van der Waals surface area (Å²) in [5, 5.41) is 9.22. The van der Waals surface area contributed by atoms with E-state index in [1.165, 1.54) is 18.9 Å². The van der Waals surface area contributed by atoms with Gasteiger partial charge in [-0.25, -0.2) is 0 Å². The molecule has 1 aromatic rings. The Bertz CT molecular complexity index is 442. The zero-order valence-corrected chi connectivity index (χ0v) is 12.9. The fourth-order valence-corrected chi connectivity index (χ4v) is 2.35. The third kappa shape index (κ3) is 5.37. The van der Waals surface area contributed by atoms with E-state index >= 15 is 0 Å². The standard InChI is InChI=1S/C16H27NO3/c1-4-6-7-9-17(13(3)8-5-2)11-14-10-15(18)16(19)12-20-14/h10,12-13,19H,4-9,11H2,1-3H3. The summed E-state index contributed by atoms with van der Waals surface area (Å²) in [6.45, 7) is 8.23. The van der Waals surface area contributed by atoms with Gasteiger partial charge in [0.1, 0.15) is 12.0 Å². The Kier molecular flexibility index (Phi) is 7.37. The molecule has 1 aromatic heterocycles. The largest absolute Gasteiger partial charge is 0.502 e. The Morgan fingerprint density at radius 3 is 2.65 bits per heavy atom. The van der Waals surface area contributed by atoms with Crippen LogP contribution in [0.4, 0.5) is 0 Å². The van der Waals surface area contributed by atoms with E-state index in [-0.39, 0.29) is 11.2 Å². The van der Waals surface area contributed by atoms with Crippen LogP contribution in [-0.4, -0.2) is 22.6 Å². The second kappa shape index (κ2) is 8.80.